The van der Waals surface area contributed by atoms with Crippen LogP contribution in [-0.4, -0.2) is 55.6 Å². The van der Waals surface area contributed by atoms with Crippen LogP contribution in [0.15, 0.2) is 24.3 Å². The molecule has 1 aliphatic heterocycles. The molecule has 0 unspecified atom stereocenters. The van der Waals surface area contributed by atoms with Crippen molar-refractivity contribution >= 4 is 6.03 Å². The molecule has 1 aromatic rings. The highest BCUT2D eigenvalue weighted by atomic mass is 16.2. The Morgan fingerprint density at radius 3 is 2.68 bits per heavy atom. The van der Waals surface area contributed by atoms with Crippen molar-refractivity contribution in [2.45, 2.75) is 13.3 Å². The van der Waals surface area contributed by atoms with Crippen LogP contribution in [0.4, 0.5) is 4.79 Å². The smallest absolute Gasteiger partial charge is 0.319 e. The zero-order valence-corrected chi connectivity index (χ0v) is 11.9. The van der Waals surface area contributed by atoms with Gasteiger partial charge in [0.15, 0.2) is 0 Å². The standard InChI is InChI=1S/C15H23N3O/c1-13-5-3-4-6-14(13)7-10-17(2)15(19)18-11-8-16-9-12-18/h3-6,16H,7-12H2,1-2H3. The first-order valence-corrected chi connectivity index (χ1v) is 6.94. The van der Waals surface area contributed by atoms with E-state index < -0.39 is 0 Å². The maximum absolute atomic E-state index is 12.2. The summed E-state index contributed by atoms with van der Waals surface area (Å²) < 4.78 is 0. The summed E-state index contributed by atoms with van der Waals surface area (Å²) in [5, 5.41) is 3.26. The maximum Gasteiger partial charge on any atom is 0.319 e. The number of nitrogens with one attached hydrogen (secondary N) is 1. The van der Waals surface area contributed by atoms with Gasteiger partial charge in [0, 0.05) is 39.8 Å². The second-order valence-corrected chi connectivity index (χ2v) is 5.12. The topological polar surface area (TPSA) is 35.6 Å². The zero-order chi connectivity index (χ0) is 13.7. The van der Waals surface area contributed by atoms with Crippen LogP contribution in [0.2, 0.25) is 0 Å². The summed E-state index contributed by atoms with van der Waals surface area (Å²) in [5.41, 5.74) is 2.62. The number of rotatable bonds is 3. The van der Waals surface area contributed by atoms with Gasteiger partial charge in [0.2, 0.25) is 0 Å². The molecule has 104 valence electrons. The minimum atomic E-state index is 0.148. The number of carbonyl (C=O) groups is 1. The SMILES string of the molecule is Cc1ccccc1CCN(C)C(=O)N1CCNCC1. The average Bonchev–Trinajstić information content (AvgIpc) is 2.46. The van der Waals surface area contributed by atoms with E-state index in [2.05, 4.69) is 36.5 Å². The van der Waals surface area contributed by atoms with Crippen molar-refractivity contribution in [2.24, 2.45) is 0 Å². The van der Waals surface area contributed by atoms with Crippen LogP contribution in [0, 0.1) is 6.92 Å². The molecule has 2 amide bonds. The largest absolute Gasteiger partial charge is 0.327 e. The Hall–Kier alpha value is -1.55. The van der Waals surface area contributed by atoms with Crippen molar-refractivity contribution < 1.29 is 4.79 Å². The molecule has 1 aliphatic rings. The molecule has 0 radical (unpaired) electrons. The average molecular weight is 261 g/mol. The van der Waals surface area contributed by atoms with Crippen molar-refractivity contribution in [2.75, 3.05) is 39.8 Å². The normalized spacial score (nSPS) is 15.4. The lowest BCUT2D eigenvalue weighted by Crippen LogP contribution is -2.50. The van der Waals surface area contributed by atoms with Gasteiger partial charge in [-0.1, -0.05) is 24.3 Å². The van der Waals surface area contributed by atoms with E-state index in [9.17, 15) is 4.79 Å². The molecule has 1 N–H and O–H groups in total. The van der Waals surface area contributed by atoms with Crippen LogP contribution in [0.25, 0.3) is 0 Å². The minimum Gasteiger partial charge on any atom is -0.327 e. The number of urea groups is 1. The Morgan fingerprint density at radius 1 is 1.32 bits per heavy atom. The summed E-state index contributed by atoms with van der Waals surface area (Å²) in [6, 6.07) is 8.51. The summed E-state index contributed by atoms with van der Waals surface area (Å²) in [6.45, 7) is 6.32. The molecule has 1 aromatic carbocycles. The number of nitrogens with zero attached hydrogens (tertiary/aromatic N) is 2. The van der Waals surface area contributed by atoms with Gasteiger partial charge in [-0.05, 0) is 24.5 Å². The molecule has 4 heteroatoms. The molecular formula is C15H23N3O. The predicted molar refractivity (Wildman–Crippen MR) is 77.4 cm³/mol. The third-order valence-corrected chi connectivity index (χ3v) is 3.69. The number of amides is 2. The zero-order valence-electron chi connectivity index (χ0n) is 11.9. The van der Waals surface area contributed by atoms with Crippen molar-refractivity contribution in [1.29, 1.82) is 0 Å². The molecule has 0 saturated carbocycles. The third kappa shape index (κ3) is 3.70. The Kier molecular flexibility index (Phi) is 4.80. The van der Waals surface area contributed by atoms with E-state index in [-0.39, 0.29) is 6.03 Å². The lowest BCUT2D eigenvalue weighted by molar-refractivity contribution is 0.156. The Balaban J connectivity index is 1.85. The van der Waals surface area contributed by atoms with Crippen LogP contribution in [0.1, 0.15) is 11.1 Å². The number of carbonyl (C=O) groups excluding carboxylic acids is 1. The number of piperazine rings is 1. The van der Waals surface area contributed by atoms with Gasteiger partial charge in [-0.3, -0.25) is 0 Å². The lowest BCUT2D eigenvalue weighted by atomic mass is 10.1. The van der Waals surface area contributed by atoms with Gasteiger partial charge in [0.1, 0.15) is 0 Å². The summed E-state index contributed by atoms with van der Waals surface area (Å²) in [7, 11) is 1.89. The number of hydrogen-bond acceptors (Lipinski definition) is 2. The van der Waals surface area contributed by atoms with Crippen molar-refractivity contribution in [3.8, 4) is 0 Å². The molecule has 1 fully saturated rings. The highest BCUT2D eigenvalue weighted by molar-refractivity contribution is 5.74. The maximum atomic E-state index is 12.2. The summed E-state index contributed by atoms with van der Waals surface area (Å²) in [4.78, 5) is 16.0. The van der Waals surface area contributed by atoms with E-state index >= 15 is 0 Å². The van der Waals surface area contributed by atoms with E-state index in [0.717, 1.165) is 39.1 Å². The van der Waals surface area contributed by atoms with E-state index in [1.54, 1.807) is 0 Å². The fourth-order valence-electron chi connectivity index (χ4n) is 2.37. The highest BCUT2D eigenvalue weighted by Crippen LogP contribution is 2.09. The monoisotopic (exact) mass is 261 g/mol. The van der Waals surface area contributed by atoms with Crippen molar-refractivity contribution in [1.82, 2.24) is 15.1 Å². The summed E-state index contributed by atoms with van der Waals surface area (Å²) in [5.74, 6) is 0. The molecule has 0 spiro atoms. The van der Waals surface area contributed by atoms with Gasteiger partial charge < -0.3 is 15.1 Å². The number of likely N-dealkylation sites (N-methyl/N-ethyl adjacent to an activating group) is 1. The van der Waals surface area contributed by atoms with Crippen LogP contribution in [0.5, 0.6) is 0 Å². The van der Waals surface area contributed by atoms with Crippen LogP contribution in [-0.2, 0) is 6.42 Å². The number of hydrogen-bond donors (Lipinski definition) is 1. The van der Waals surface area contributed by atoms with Crippen molar-refractivity contribution in [3.05, 3.63) is 35.4 Å². The highest BCUT2D eigenvalue weighted by Gasteiger charge is 2.19. The molecule has 1 saturated heterocycles. The Bertz CT molecular complexity index is 427. The van der Waals surface area contributed by atoms with Crippen molar-refractivity contribution in [3.63, 3.8) is 0 Å². The van der Waals surface area contributed by atoms with Crippen LogP contribution >= 0.6 is 0 Å². The quantitative estimate of drug-likeness (QED) is 0.895. The van der Waals surface area contributed by atoms with E-state index in [4.69, 9.17) is 0 Å². The molecule has 2 rings (SSSR count). The van der Waals surface area contributed by atoms with E-state index in [1.165, 1.54) is 11.1 Å². The first-order valence-electron chi connectivity index (χ1n) is 6.94. The van der Waals surface area contributed by atoms with Gasteiger partial charge >= 0.3 is 6.03 Å². The molecule has 0 atom stereocenters. The first kappa shape index (κ1) is 13.9. The minimum absolute atomic E-state index is 0.148. The Labute approximate surface area is 115 Å². The molecule has 19 heavy (non-hydrogen) atoms. The van der Waals surface area contributed by atoms with Gasteiger partial charge in [-0.25, -0.2) is 4.79 Å². The van der Waals surface area contributed by atoms with Gasteiger partial charge in [0.25, 0.3) is 0 Å². The number of aryl methyl sites for hydroxylation is 1. The summed E-state index contributed by atoms with van der Waals surface area (Å²) >= 11 is 0. The van der Waals surface area contributed by atoms with Gasteiger partial charge in [0.05, 0.1) is 0 Å². The fraction of sp³-hybridized carbons (Fsp3) is 0.533. The van der Waals surface area contributed by atoms with Gasteiger partial charge in [-0.15, -0.1) is 0 Å². The van der Waals surface area contributed by atoms with E-state index in [0.29, 0.717) is 0 Å². The third-order valence-electron chi connectivity index (χ3n) is 3.69. The summed E-state index contributed by atoms with van der Waals surface area (Å²) in [6.07, 6.45) is 0.918. The van der Waals surface area contributed by atoms with E-state index in [1.807, 2.05) is 16.8 Å². The predicted octanol–water partition coefficient (Wildman–Crippen LogP) is 1.49. The van der Waals surface area contributed by atoms with Gasteiger partial charge in [-0.2, -0.15) is 0 Å². The molecular weight excluding hydrogens is 238 g/mol. The van der Waals surface area contributed by atoms with Crippen LogP contribution < -0.4 is 5.32 Å². The molecule has 0 aromatic heterocycles. The molecule has 1 heterocycles. The molecule has 0 bridgehead atoms. The lowest BCUT2D eigenvalue weighted by Gasteiger charge is -2.31. The fourth-order valence-corrected chi connectivity index (χ4v) is 2.37. The number of benzene rings is 1. The first-order chi connectivity index (χ1) is 9.18. The van der Waals surface area contributed by atoms with Crippen LogP contribution in [0.3, 0.4) is 0 Å². The second kappa shape index (κ2) is 6.57. The molecule has 0 aliphatic carbocycles. The second-order valence-electron chi connectivity index (χ2n) is 5.12. The Morgan fingerprint density at radius 2 is 2.00 bits per heavy atom. The molecule has 4 nitrogen and oxygen atoms in total.